The van der Waals surface area contributed by atoms with Crippen molar-refractivity contribution >= 4 is 23.6 Å². The Morgan fingerprint density at radius 1 is 1.03 bits per heavy atom. The number of nitrogens with zero attached hydrogens (tertiary/aromatic N) is 1. The third-order valence-electron chi connectivity index (χ3n) is 4.84. The third-order valence-corrected chi connectivity index (χ3v) is 5.83. The van der Waals surface area contributed by atoms with Crippen LogP contribution in [0.3, 0.4) is 0 Å². The van der Waals surface area contributed by atoms with Crippen molar-refractivity contribution in [2.45, 2.75) is 52.5 Å². The van der Waals surface area contributed by atoms with E-state index >= 15 is 0 Å². The van der Waals surface area contributed by atoms with Crippen LogP contribution in [0.2, 0.25) is 0 Å². The number of thioether (sulfide) groups is 1. The molecule has 0 aliphatic carbocycles. The summed E-state index contributed by atoms with van der Waals surface area (Å²) in [6.45, 7) is 9.22. The summed E-state index contributed by atoms with van der Waals surface area (Å²) in [5.74, 6) is 1.44. The van der Waals surface area contributed by atoms with Crippen molar-refractivity contribution in [1.82, 2.24) is 10.2 Å². The van der Waals surface area contributed by atoms with E-state index in [4.69, 9.17) is 0 Å². The second-order valence-electron chi connectivity index (χ2n) is 8.05. The fraction of sp³-hybridized carbons (Fsp3) is 0.440. The van der Waals surface area contributed by atoms with Gasteiger partial charge in [-0.1, -0.05) is 80.9 Å². The molecule has 30 heavy (non-hydrogen) atoms. The highest BCUT2D eigenvalue weighted by Gasteiger charge is 2.28. The lowest BCUT2D eigenvalue weighted by molar-refractivity contribution is -0.139. The molecule has 0 saturated heterocycles. The number of carbonyl (C=O) groups is 2. The number of hydrogen-bond donors (Lipinski definition) is 1. The Morgan fingerprint density at radius 2 is 1.73 bits per heavy atom. The van der Waals surface area contributed by atoms with Crippen LogP contribution in [-0.4, -0.2) is 35.1 Å². The highest BCUT2D eigenvalue weighted by Crippen LogP contribution is 2.18. The highest BCUT2D eigenvalue weighted by molar-refractivity contribution is 7.99. The average molecular weight is 427 g/mol. The normalized spacial score (nSPS) is 11.9. The third kappa shape index (κ3) is 7.86. The number of rotatable bonds is 11. The molecule has 0 spiro atoms. The quantitative estimate of drug-likeness (QED) is 0.561. The zero-order valence-electron chi connectivity index (χ0n) is 18.6. The molecule has 0 aromatic heterocycles. The van der Waals surface area contributed by atoms with E-state index in [9.17, 15) is 9.59 Å². The van der Waals surface area contributed by atoms with Gasteiger partial charge in [-0.3, -0.25) is 9.59 Å². The van der Waals surface area contributed by atoms with Crippen molar-refractivity contribution < 1.29 is 9.59 Å². The lowest BCUT2D eigenvalue weighted by Crippen LogP contribution is -2.50. The summed E-state index contributed by atoms with van der Waals surface area (Å²) in [5, 5.41) is 3.00. The van der Waals surface area contributed by atoms with Crippen LogP contribution in [0, 0.1) is 12.8 Å². The fourth-order valence-electron chi connectivity index (χ4n) is 3.26. The van der Waals surface area contributed by atoms with Crippen LogP contribution in [0.5, 0.6) is 0 Å². The first-order valence-corrected chi connectivity index (χ1v) is 11.8. The molecule has 5 heteroatoms. The van der Waals surface area contributed by atoms with E-state index < -0.39 is 6.04 Å². The van der Waals surface area contributed by atoms with Gasteiger partial charge in [0, 0.05) is 18.8 Å². The van der Waals surface area contributed by atoms with Crippen molar-refractivity contribution in [3.8, 4) is 0 Å². The molecule has 0 bridgehead atoms. The second kappa shape index (κ2) is 12.4. The molecule has 0 heterocycles. The predicted molar refractivity (Wildman–Crippen MR) is 126 cm³/mol. The minimum atomic E-state index is -0.462. The molecule has 1 atom stereocenters. The minimum absolute atomic E-state index is 0.00283. The second-order valence-corrected chi connectivity index (χ2v) is 9.04. The molecular formula is C25H34N2O2S. The van der Waals surface area contributed by atoms with E-state index in [0.717, 1.165) is 11.3 Å². The van der Waals surface area contributed by atoms with E-state index in [-0.39, 0.29) is 11.8 Å². The van der Waals surface area contributed by atoms with Crippen molar-refractivity contribution in [2.24, 2.45) is 5.92 Å². The topological polar surface area (TPSA) is 49.4 Å². The Bertz CT molecular complexity index is 808. The van der Waals surface area contributed by atoms with E-state index in [2.05, 4.69) is 44.3 Å². The summed E-state index contributed by atoms with van der Waals surface area (Å²) >= 11 is 1.60. The summed E-state index contributed by atoms with van der Waals surface area (Å²) < 4.78 is 0. The number of hydrogen-bond acceptors (Lipinski definition) is 3. The van der Waals surface area contributed by atoms with Gasteiger partial charge in [-0.15, -0.1) is 11.8 Å². The summed E-state index contributed by atoms with van der Waals surface area (Å²) in [6.07, 6.45) is 0.588. The number of carbonyl (C=O) groups excluding carboxylic acids is 2. The summed E-state index contributed by atoms with van der Waals surface area (Å²) in [7, 11) is 0. The van der Waals surface area contributed by atoms with Gasteiger partial charge in [-0.25, -0.2) is 0 Å². The van der Waals surface area contributed by atoms with Crippen molar-refractivity contribution in [1.29, 1.82) is 0 Å². The molecule has 2 aromatic rings. The van der Waals surface area contributed by atoms with Gasteiger partial charge in [0.25, 0.3) is 0 Å². The van der Waals surface area contributed by atoms with Crippen LogP contribution in [0.15, 0.2) is 54.6 Å². The Balaban J connectivity index is 2.08. The van der Waals surface area contributed by atoms with Gasteiger partial charge in [0.1, 0.15) is 6.04 Å². The standard InChI is InChI=1S/C25H34N2O2S/c1-5-23(25(29)26-15-19(2)3)27(16-21-11-7-6-8-12-21)24(28)18-30-17-22-13-9-10-20(4)14-22/h6-14,19,23H,5,15-18H2,1-4H3,(H,26,29)/t23-/m1/s1. The zero-order chi connectivity index (χ0) is 21.9. The van der Waals surface area contributed by atoms with Gasteiger partial charge in [0.15, 0.2) is 0 Å². The molecular weight excluding hydrogens is 392 g/mol. The summed E-state index contributed by atoms with van der Waals surface area (Å²) in [5.41, 5.74) is 3.46. The Morgan fingerprint density at radius 3 is 2.37 bits per heavy atom. The molecule has 0 aliphatic rings. The summed E-state index contributed by atoms with van der Waals surface area (Å²) in [4.78, 5) is 27.8. The maximum Gasteiger partial charge on any atom is 0.242 e. The molecule has 2 rings (SSSR count). The lowest BCUT2D eigenvalue weighted by Gasteiger charge is -2.31. The molecule has 162 valence electrons. The first kappa shape index (κ1) is 24.0. The Kier molecular flexibility index (Phi) is 9.95. The molecule has 2 aromatic carbocycles. The van der Waals surface area contributed by atoms with Crippen LogP contribution in [0.1, 0.15) is 43.9 Å². The minimum Gasteiger partial charge on any atom is -0.354 e. The van der Waals surface area contributed by atoms with Crippen LogP contribution in [0.4, 0.5) is 0 Å². The first-order chi connectivity index (χ1) is 14.4. The van der Waals surface area contributed by atoms with Gasteiger partial charge in [0.2, 0.25) is 11.8 Å². The monoisotopic (exact) mass is 426 g/mol. The van der Waals surface area contributed by atoms with E-state index in [1.165, 1.54) is 11.1 Å². The Hall–Kier alpha value is -2.27. The van der Waals surface area contributed by atoms with Gasteiger partial charge < -0.3 is 10.2 Å². The molecule has 0 radical (unpaired) electrons. The maximum atomic E-state index is 13.2. The molecule has 4 nitrogen and oxygen atoms in total. The van der Waals surface area contributed by atoms with Crippen molar-refractivity contribution in [3.05, 3.63) is 71.3 Å². The van der Waals surface area contributed by atoms with Crippen molar-refractivity contribution in [2.75, 3.05) is 12.3 Å². The SMILES string of the molecule is CC[C@H](C(=O)NCC(C)C)N(Cc1ccccc1)C(=O)CSCc1cccc(C)c1. The smallest absolute Gasteiger partial charge is 0.242 e. The average Bonchev–Trinajstić information content (AvgIpc) is 2.72. The molecule has 0 saturated carbocycles. The van der Waals surface area contributed by atoms with Crippen molar-refractivity contribution in [3.63, 3.8) is 0 Å². The molecule has 2 amide bonds. The maximum absolute atomic E-state index is 13.2. The Labute approximate surface area is 185 Å². The fourth-order valence-corrected chi connectivity index (χ4v) is 4.12. The van der Waals surface area contributed by atoms with Crippen LogP contribution < -0.4 is 5.32 Å². The predicted octanol–water partition coefficient (Wildman–Crippen LogP) is 4.81. The largest absolute Gasteiger partial charge is 0.354 e. The van der Waals surface area contributed by atoms with Crippen LogP contribution in [-0.2, 0) is 21.9 Å². The van der Waals surface area contributed by atoms with E-state index in [1.807, 2.05) is 43.3 Å². The molecule has 0 fully saturated rings. The van der Waals surface area contributed by atoms with E-state index in [0.29, 0.717) is 31.2 Å². The number of nitrogens with one attached hydrogen (secondary N) is 1. The first-order valence-electron chi connectivity index (χ1n) is 10.6. The summed E-state index contributed by atoms with van der Waals surface area (Å²) in [6, 6.07) is 17.8. The van der Waals surface area contributed by atoms with Gasteiger partial charge in [-0.05, 0) is 30.4 Å². The van der Waals surface area contributed by atoms with Gasteiger partial charge in [-0.2, -0.15) is 0 Å². The highest BCUT2D eigenvalue weighted by atomic mass is 32.2. The molecule has 0 aliphatic heterocycles. The number of benzene rings is 2. The number of amides is 2. The van der Waals surface area contributed by atoms with Crippen LogP contribution in [0.25, 0.3) is 0 Å². The zero-order valence-corrected chi connectivity index (χ0v) is 19.4. The van der Waals surface area contributed by atoms with Gasteiger partial charge >= 0.3 is 0 Å². The molecule has 0 unspecified atom stereocenters. The molecule has 1 N–H and O–H groups in total. The lowest BCUT2D eigenvalue weighted by atomic mass is 10.1. The van der Waals surface area contributed by atoms with Gasteiger partial charge in [0.05, 0.1) is 5.75 Å². The number of aryl methyl sites for hydroxylation is 1. The van der Waals surface area contributed by atoms with Crippen LogP contribution >= 0.6 is 11.8 Å². The van der Waals surface area contributed by atoms with E-state index in [1.54, 1.807) is 16.7 Å².